The summed E-state index contributed by atoms with van der Waals surface area (Å²) in [5.41, 5.74) is 2.50. The lowest BCUT2D eigenvalue weighted by Crippen LogP contribution is -2.28. The summed E-state index contributed by atoms with van der Waals surface area (Å²) in [5.74, 6) is 0.0562. The molecule has 120 valence electrons. The lowest BCUT2D eigenvalue weighted by molar-refractivity contribution is 0.0954. The monoisotopic (exact) mass is 326 g/mol. The molecule has 1 aromatic carbocycles. The molecule has 4 rings (SSSR count). The lowest BCUT2D eigenvalue weighted by Gasteiger charge is -2.22. The Balaban J connectivity index is 1.36. The van der Waals surface area contributed by atoms with Crippen molar-refractivity contribution in [1.82, 2.24) is 10.2 Å². The van der Waals surface area contributed by atoms with Crippen LogP contribution >= 0.6 is 11.3 Å². The fourth-order valence-electron chi connectivity index (χ4n) is 3.70. The maximum atomic E-state index is 12.3. The van der Waals surface area contributed by atoms with Crippen LogP contribution in [0.3, 0.4) is 0 Å². The minimum absolute atomic E-state index is 0.0562. The van der Waals surface area contributed by atoms with E-state index in [9.17, 15) is 4.79 Å². The van der Waals surface area contributed by atoms with Gasteiger partial charge >= 0.3 is 0 Å². The third kappa shape index (κ3) is 3.19. The Morgan fingerprint density at radius 3 is 2.70 bits per heavy atom. The van der Waals surface area contributed by atoms with Crippen molar-refractivity contribution in [2.24, 2.45) is 0 Å². The van der Waals surface area contributed by atoms with Crippen molar-refractivity contribution in [3.8, 4) is 0 Å². The van der Waals surface area contributed by atoms with Crippen molar-refractivity contribution in [3.05, 3.63) is 57.3 Å². The van der Waals surface area contributed by atoms with Gasteiger partial charge in [0.2, 0.25) is 0 Å². The van der Waals surface area contributed by atoms with E-state index in [2.05, 4.69) is 16.3 Å². The zero-order chi connectivity index (χ0) is 15.6. The molecule has 1 aliphatic heterocycles. The molecular weight excluding hydrogens is 304 g/mol. The van der Waals surface area contributed by atoms with Crippen LogP contribution in [0.15, 0.2) is 36.4 Å². The topological polar surface area (TPSA) is 32.3 Å². The third-order valence-corrected chi connectivity index (χ3v) is 6.14. The maximum Gasteiger partial charge on any atom is 0.261 e. The fraction of sp³-hybridized carbons (Fsp3) is 0.421. The summed E-state index contributed by atoms with van der Waals surface area (Å²) in [6, 6.07) is 12.9. The second kappa shape index (κ2) is 6.46. The highest BCUT2D eigenvalue weighted by molar-refractivity contribution is 7.14. The number of nitrogens with zero attached hydrogens (tertiary/aromatic N) is 1. The second-order valence-electron chi connectivity index (χ2n) is 6.57. The quantitative estimate of drug-likeness (QED) is 0.923. The smallest absolute Gasteiger partial charge is 0.261 e. The van der Waals surface area contributed by atoms with Gasteiger partial charge in [0.25, 0.3) is 5.91 Å². The van der Waals surface area contributed by atoms with Gasteiger partial charge in [-0.05, 0) is 30.0 Å². The predicted molar refractivity (Wildman–Crippen MR) is 93.4 cm³/mol. The lowest BCUT2D eigenvalue weighted by atomic mass is 10.2. The van der Waals surface area contributed by atoms with Crippen LogP contribution in [-0.2, 0) is 19.6 Å². The molecule has 0 radical (unpaired) electrons. The minimum atomic E-state index is 0.0562. The van der Waals surface area contributed by atoms with Crippen molar-refractivity contribution in [3.63, 3.8) is 0 Å². The molecule has 3 nitrogen and oxygen atoms in total. The van der Waals surface area contributed by atoms with Crippen LogP contribution in [0, 0.1) is 0 Å². The summed E-state index contributed by atoms with van der Waals surface area (Å²) in [7, 11) is 0. The Labute approximate surface area is 141 Å². The van der Waals surface area contributed by atoms with Gasteiger partial charge in [0.05, 0.1) is 4.88 Å². The molecule has 0 spiro atoms. The molecule has 1 aromatic heterocycles. The Kier molecular flexibility index (Phi) is 4.19. The molecule has 0 unspecified atom stereocenters. The van der Waals surface area contributed by atoms with E-state index in [4.69, 9.17) is 0 Å². The first kappa shape index (κ1) is 14.9. The van der Waals surface area contributed by atoms with Crippen LogP contribution < -0.4 is 5.32 Å². The Bertz CT molecular complexity index is 665. The Morgan fingerprint density at radius 2 is 1.96 bits per heavy atom. The molecular formula is C19H22N2OS. The molecule has 1 aliphatic carbocycles. The second-order valence-corrected chi connectivity index (χ2v) is 7.71. The molecule has 1 amide bonds. The first-order valence-corrected chi connectivity index (χ1v) is 9.29. The Hall–Kier alpha value is -1.65. The van der Waals surface area contributed by atoms with E-state index >= 15 is 0 Å². The largest absolute Gasteiger partial charge is 0.347 e. The van der Waals surface area contributed by atoms with Gasteiger partial charge in [0, 0.05) is 30.6 Å². The zero-order valence-electron chi connectivity index (χ0n) is 13.3. The maximum absolute atomic E-state index is 12.3. The molecule has 23 heavy (non-hydrogen) atoms. The molecule has 0 saturated heterocycles. The van der Waals surface area contributed by atoms with Crippen LogP contribution in [0.4, 0.5) is 0 Å². The number of thiophene rings is 1. The highest BCUT2D eigenvalue weighted by Crippen LogP contribution is 2.35. The van der Waals surface area contributed by atoms with Crippen LogP contribution in [0.2, 0.25) is 0 Å². The van der Waals surface area contributed by atoms with Gasteiger partial charge in [-0.2, -0.15) is 0 Å². The molecule has 1 saturated carbocycles. The summed E-state index contributed by atoms with van der Waals surface area (Å²) in [4.78, 5) is 17.2. The van der Waals surface area contributed by atoms with Crippen molar-refractivity contribution < 1.29 is 4.79 Å². The number of carbonyl (C=O) groups excluding carboxylic acids is 1. The number of benzene rings is 1. The van der Waals surface area contributed by atoms with Gasteiger partial charge < -0.3 is 5.32 Å². The van der Waals surface area contributed by atoms with Crippen LogP contribution in [0.1, 0.15) is 51.4 Å². The summed E-state index contributed by atoms with van der Waals surface area (Å²) in [5, 5.41) is 3.03. The normalized spacial score (nSPS) is 18.3. The Morgan fingerprint density at radius 1 is 1.17 bits per heavy atom. The number of hydrogen-bond donors (Lipinski definition) is 1. The van der Waals surface area contributed by atoms with Crippen LogP contribution in [0.5, 0.6) is 0 Å². The molecule has 0 atom stereocenters. The van der Waals surface area contributed by atoms with E-state index in [-0.39, 0.29) is 5.91 Å². The third-order valence-electron chi connectivity index (χ3n) is 4.98. The van der Waals surface area contributed by atoms with E-state index in [1.165, 1.54) is 36.1 Å². The minimum Gasteiger partial charge on any atom is -0.347 e. The van der Waals surface area contributed by atoms with Crippen LogP contribution in [0.25, 0.3) is 0 Å². The van der Waals surface area contributed by atoms with E-state index in [0.717, 1.165) is 29.6 Å². The summed E-state index contributed by atoms with van der Waals surface area (Å²) in [6.07, 6.45) is 5.45. The number of nitrogens with one attached hydrogen (secondary N) is 1. The van der Waals surface area contributed by atoms with Crippen molar-refractivity contribution >= 4 is 17.2 Å². The van der Waals surface area contributed by atoms with Crippen molar-refractivity contribution in [1.29, 1.82) is 0 Å². The number of carbonyl (C=O) groups is 1. The molecule has 2 aliphatic rings. The van der Waals surface area contributed by atoms with E-state index in [1.54, 1.807) is 11.3 Å². The first-order valence-electron chi connectivity index (χ1n) is 8.47. The highest BCUT2D eigenvalue weighted by atomic mass is 32.1. The van der Waals surface area contributed by atoms with E-state index < -0.39 is 0 Å². The molecule has 2 aromatic rings. The van der Waals surface area contributed by atoms with E-state index in [0.29, 0.717) is 6.54 Å². The average molecular weight is 326 g/mol. The number of fused-ring (bicyclic) bond motifs is 1. The molecule has 0 bridgehead atoms. The summed E-state index contributed by atoms with van der Waals surface area (Å²) >= 11 is 1.67. The molecule has 1 N–H and O–H groups in total. The fourth-order valence-corrected chi connectivity index (χ4v) is 4.81. The SMILES string of the molecule is O=C(NCc1ccccc1)c1cc2c(s1)CN(C1CCCC1)C2. The van der Waals surface area contributed by atoms with Crippen molar-refractivity contribution in [2.45, 2.75) is 51.4 Å². The number of rotatable bonds is 4. The van der Waals surface area contributed by atoms with Gasteiger partial charge in [0.15, 0.2) is 0 Å². The van der Waals surface area contributed by atoms with Gasteiger partial charge in [-0.15, -0.1) is 11.3 Å². The van der Waals surface area contributed by atoms with Gasteiger partial charge in [-0.3, -0.25) is 9.69 Å². The first-order chi connectivity index (χ1) is 11.3. The summed E-state index contributed by atoms with van der Waals surface area (Å²) < 4.78 is 0. The van der Waals surface area contributed by atoms with Gasteiger partial charge in [-0.1, -0.05) is 43.2 Å². The van der Waals surface area contributed by atoms with E-state index in [1.807, 2.05) is 30.3 Å². The predicted octanol–water partition coefficient (Wildman–Crippen LogP) is 3.94. The van der Waals surface area contributed by atoms with Gasteiger partial charge in [-0.25, -0.2) is 0 Å². The number of hydrogen-bond acceptors (Lipinski definition) is 3. The molecule has 1 fully saturated rings. The van der Waals surface area contributed by atoms with Gasteiger partial charge in [0.1, 0.15) is 0 Å². The summed E-state index contributed by atoms with van der Waals surface area (Å²) in [6.45, 7) is 2.66. The zero-order valence-corrected chi connectivity index (χ0v) is 14.1. The standard InChI is InChI=1S/C19H22N2OS/c22-19(20-11-14-6-2-1-3-7-14)17-10-15-12-21(13-18(15)23-17)16-8-4-5-9-16/h1-3,6-7,10,16H,4-5,8-9,11-13H2,(H,20,22). The van der Waals surface area contributed by atoms with Crippen LogP contribution in [-0.4, -0.2) is 16.8 Å². The van der Waals surface area contributed by atoms with Crippen molar-refractivity contribution in [2.75, 3.05) is 0 Å². The molecule has 2 heterocycles. The highest BCUT2D eigenvalue weighted by Gasteiger charge is 2.30. The average Bonchev–Trinajstić information content (AvgIpc) is 3.28. The number of amides is 1. The molecule has 4 heteroatoms.